The first-order valence-electron chi connectivity index (χ1n) is 16.5. The molecule has 0 bridgehead atoms. The van der Waals surface area contributed by atoms with Crippen molar-refractivity contribution in [2.24, 2.45) is 0 Å². The smallest absolute Gasteiger partial charge is 0.222 e. The van der Waals surface area contributed by atoms with Crippen LogP contribution in [0.15, 0.2) is 60.9 Å². The lowest BCUT2D eigenvalue weighted by Crippen LogP contribution is -2.41. The molecule has 14 heteroatoms. The predicted molar refractivity (Wildman–Crippen MR) is 192 cm³/mol. The first kappa shape index (κ1) is 36.3. The van der Waals surface area contributed by atoms with Crippen LogP contribution in [0.2, 0.25) is 18.1 Å². The maximum atomic E-state index is 15.1. The Morgan fingerprint density at radius 3 is 2.44 bits per heavy atom. The Kier molecular flexibility index (Phi) is 11.1. The summed E-state index contributed by atoms with van der Waals surface area (Å²) in [4.78, 5) is 25.3. The van der Waals surface area contributed by atoms with Gasteiger partial charge in [-0.2, -0.15) is 5.10 Å². The van der Waals surface area contributed by atoms with Crippen LogP contribution in [0.3, 0.4) is 0 Å². The van der Waals surface area contributed by atoms with Gasteiger partial charge in [0.2, 0.25) is 5.91 Å². The van der Waals surface area contributed by atoms with Crippen LogP contribution in [0, 0.1) is 11.6 Å². The highest BCUT2D eigenvalue weighted by Crippen LogP contribution is 2.37. The van der Waals surface area contributed by atoms with Crippen LogP contribution < -0.4 is 20.1 Å². The molecule has 3 aromatic heterocycles. The number of halogens is 2. The summed E-state index contributed by atoms with van der Waals surface area (Å²) in [5, 5.41) is 11.5. The van der Waals surface area contributed by atoms with Gasteiger partial charge in [0.05, 0.1) is 31.5 Å². The van der Waals surface area contributed by atoms with Crippen molar-refractivity contribution in [3.05, 3.63) is 78.1 Å². The van der Waals surface area contributed by atoms with Gasteiger partial charge in [-0.15, -0.1) is 0 Å². The molecule has 0 aliphatic carbocycles. The quantitative estimate of drug-likeness (QED) is 0.0872. The fraction of sp³-hybridized carbons (Fsp3) is 0.361. The van der Waals surface area contributed by atoms with Crippen LogP contribution in [-0.4, -0.2) is 58.8 Å². The Morgan fingerprint density at radius 1 is 1.00 bits per heavy atom. The van der Waals surface area contributed by atoms with Crippen LogP contribution in [0.25, 0.3) is 22.4 Å². The van der Waals surface area contributed by atoms with Crippen LogP contribution in [-0.2, 0) is 15.8 Å². The number of aromatic nitrogens is 5. The fourth-order valence-corrected chi connectivity index (χ4v) is 5.99. The molecule has 0 fully saturated rings. The number of carbonyl (C=O) groups excluding carboxylic acids is 1. The van der Waals surface area contributed by atoms with E-state index in [1.54, 1.807) is 31.5 Å². The van der Waals surface area contributed by atoms with Gasteiger partial charge in [0.25, 0.3) is 0 Å². The normalized spacial score (nSPS) is 11.9. The minimum absolute atomic E-state index is 0.100. The molecule has 5 rings (SSSR count). The average molecular weight is 704 g/mol. The van der Waals surface area contributed by atoms with E-state index < -0.39 is 20.0 Å². The molecule has 0 saturated carbocycles. The Hall–Kier alpha value is -4.95. The molecular formula is C36H43F2N7O4Si. The molecule has 2 aromatic carbocycles. The van der Waals surface area contributed by atoms with Gasteiger partial charge in [-0.25, -0.2) is 23.7 Å². The monoisotopic (exact) mass is 703 g/mol. The summed E-state index contributed by atoms with van der Waals surface area (Å²) in [7, 11) is -1.90. The first-order chi connectivity index (χ1) is 23.8. The topological polar surface area (TPSA) is 125 Å². The lowest BCUT2D eigenvalue weighted by atomic mass is 10.1. The molecular weight excluding hydrogens is 661 g/mol. The fourth-order valence-electron chi connectivity index (χ4n) is 4.90. The number of hydrogen-bond acceptors (Lipinski definition) is 9. The number of anilines is 3. The summed E-state index contributed by atoms with van der Waals surface area (Å²) in [6.45, 7) is 15.2. The zero-order valence-corrected chi connectivity index (χ0v) is 30.4. The van der Waals surface area contributed by atoms with Crippen LogP contribution in [0.5, 0.6) is 11.5 Å². The van der Waals surface area contributed by atoms with Crippen molar-refractivity contribution in [3.63, 3.8) is 0 Å². The minimum atomic E-state index is -1.90. The summed E-state index contributed by atoms with van der Waals surface area (Å²) in [6, 6.07) is 13.1. The number of hydrogen-bond donors (Lipinski definition) is 2. The zero-order valence-electron chi connectivity index (χ0n) is 29.4. The molecule has 3 heterocycles. The second-order valence-corrected chi connectivity index (χ2v) is 18.1. The van der Waals surface area contributed by atoms with Gasteiger partial charge >= 0.3 is 0 Å². The number of rotatable bonds is 14. The van der Waals surface area contributed by atoms with E-state index in [1.165, 1.54) is 23.7 Å². The number of ether oxygens (including phenoxy) is 2. The Morgan fingerprint density at radius 2 is 1.74 bits per heavy atom. The molecule has 0 unspecified atom stereocenters. The molecule has 0 radical (unpaired) electrons. The van der Waals surface area contributed by atoms with Crippen LogP contribution in [0.1, 0.15) is 46.6 Å². The molecule has 11 nitrogen and oxygen atoms in total. The Balaban J connectivity index is 1.46. The van der Waals surface area contributed by atoms with E-state index in [1.807, 2.05) is 24.3 Å². The maximum Gasteiger partial charge on any atom is 0.222 e. The van der Waals surface area contributed by atoms with Crippen molar-refractivity contribution in [2.75, 3.05) is 30.5 Å². The third-order valence-corrected chi connectivity index (χ3v) is 13.0. The largest absolute Gasteiger partial charge is 0.494 e. The van der Waals surface area contributed by atoms with Gasteiger partial charge in [-0.1, -0.05) is 39.0 Å². The lowest BCUT2D eigenvalue weighted by molar-refractivity contribution is -0.114. The third-order valence-electron chi connectivity index (χ3n) is 8.50. The van der Waals surface area contributed by atoms with E-state index in [4.69, 9.17) is 24.0 Å². The van der Waals surface area contributed by atoms with Crippen molar-refractivity contribution < 1.29 is 27.5 Å². The summed E-state index contributed by atoms with van der Waals surface area (Å²) >= 11 is 0. The van der Waals surface area contributed by atoms with Crippen molar-refractivity contribution in [2.45, 2.75) is 65.7 Å². The zero-order chi connectivity index (χ0) is 36.1. The number of amides is 1. The third kappa shape index (κ3) is 8.60. The van der Waals surface area contributed by atoms with E-state index in [2.05, 4.69) is 54.5 Å². The Bertz CT molecular complexity index is 1960. The molecule has 0 atom stereocenters. The van der Waals surface area contributed by atoms with Crippen molar-refractivity contribution in [3.8, 4) is 23.0 Å². The molecule has 0 spiro atoms. The van der Waals surface area contributed by atoms with Crippen LogP contribution >= 0.6 is 0 Å². The number of carbonyl (C=O) groups is 1. The standard InChI is InChI=1S/C36H43F2N7O4Si/c1-8-47-25-19-28(37)27(29(38)20-25)22-45-30-13-10-9-12-26(30)33(44-45)35-40-21-31(48-16-11-17-49-50(6,7)36(3,4)5)34(43-35)42-24-14-15-39-32(18-24)41-23(2)46/h9-10,12-15,18-21H,8,11,16-17,22H2,1-7H3,(H2,39,40,41,42,43,46). The average Bonchev–Trinajstić information content (AvgIpc) is 3.41. The van der Waals surface area contributed by atoms with Gasteiger partial charge in [0.1, 0.15) is 28.9 Å². The van der Waals surface area contributed by atoms with Gasteiger partial charge < -0.3 is 24.5 Å². The highest BCUT2D eigenvalue weighted by molar-refractivity contribution is 6.74. The molecule has 50 heavy (non-hydrogen) atoms. The summed E-state index contributed by atoms with van der Waals surface area (Å²) in [5.74, 6) is -0.233. The molecule has 2 N–H and O–H groups in total. The van der Waals surface area contributed by atoms with E-state index >= 15 is 8.78 Å². The van der Waals surface area contributed by atoms with Gasteiger partial charge in [0.15, 0.2) is 25.7 Å². The summed E-state index contributed by atoms with van der Waals surface area (Å²) < 4.78 is 49.4. The Labute approximate surface area is 291 Å². The molecule has 5 aromatic rings. The molecule has 0 saturated heterocycles. The highest BCUT2D eigenvalue weighted by Gasteiger charge is 2.36. The lowest BCUT2D eigenvalue weighted by Gasteiger charge is -2.36. The van der Waals surface area contributed by atoms with Crippen molar-refractivity contribution in [1.29, 1.82) is 0 Å². The second-order valence-electron chi connectivity index (χ2n) is 13.3. The molecule has 0 aliphatic rings. The number of pyridine rings is 1. The number of nitrogens with zero attached hydrogens (tertiary/aromatic N) is 5. The number of fused-ring (bicyclic) bond motifs is 1. The summed E-state index contributed by atoms with van der Waals surface area (Å²) in [5.41, 5.74) is 1.50. The molecule has 1 amide bonds. The second kappa shape index (κ2) is 15.3. The number of nitrogens with one attached hydrogen (secondary N) is 2. The number of benzene rings is 2. The minimum Gasteiger partial charge on any atom is -0.494 e. The molecule has 264 valence electrons. The SMILES string of the molecule is CCOc1cc(F)c(Cn2nc(-c3ncc(OCCCO[Si](C)(C)C(C)(C)C)c(Nc4ccnc(NC(C)=O)c4)n3)c3ccccc32)c(F)c1. The van der Waals surface area contributed by atoms with Gasteiger partial charge in [-0.05, 0) is 37.2 Å². The van der Waals surface area contributed by atoms with E-state index in [9.17, 15) is 4.79 Å². The number of para-hydroxylation sites is 1. The first-order valence-corrected chi connectivity index (χ1v) is 19.4. The highest BCUT2D eigenvalue weighted by atomic mass is 28.4. The van der Waals surface area contributed by atoms with Gasteiger partial charge in [0, 0.05) is 61.0 Å². The summed E-state index contributed by atoms with van der Waals surface area (Å²) in [6.07, 6.45) is 3.78. The predicted octanol–water partition coefficient (Wildman–Crippen LogP) is 8.11. The van der Waals surface area contributed by atoms with Crippen molar-refractivity contribution >= 4 is 42.5 Å². The van der Waals surface area contributed by atoms with E-state index in [0.717, 1.165) is 0 Å². The van der Waals surface area contributed by atoms with E-state index in [-0.39, 0.29) is 41.2 Å². The van der Waals surface area contributed by atoms with Crippen LogP contribution in [0.4, 0.5) is 26.1 Å². The van der Waals surface area contributed by atoms with Crippen molar-refractivity contribution in [1.82, 2.24) is 24.7 Å². The maximum absolute atomic E-state index is 15.1. The van der Waals surface area contributed by atoms with E-state index in [0.29, 0.717) is 59.3 Å². The van der Waals surface area contributed by atoms with Gasteiger partial charge in [-0.3, -0.25) is 9.48 Å². The molecule has 0 aliphatic heterocycles.